The number of halogens is 3. The smallest absolute Gasteiger partial charge is 0.184 e. The summed E-state index contributed by atoms with van der Waals surface area (Å²) in [5, 5.41) is 9.80. The summed E-state index contributed by atoms with van der Waals surface area (Å²) in [6, 6.07) is 14.3. The Kier molecular flexibility index (Phi) is 5.19. The van der Waals surface area contributed by atoms with Crippen LogP contribution in [0.4, 0.5) is 0 Å². The summed E-state index contributed by atoms with van der Waals surface area (Å²) in [5.74, 6) is -1.06. The monoisotopic (exact) mass is 459 g/mol. The molecular weight excluding hydrogens is 452 g/mol. The lowest BCUT2D eigenvalue weighted by Gasteiger charge is -2.09. The summed E-state index contributed by atoms with van der Waals surface area (Å²) in [5.41, 5.74) is 1.13. The molecule has 0 saturated carbocycles. The molecule has 0 aromatic heterocycles. The van der Waals surface area contributed by atoms with E-state index in [1.54, 1.807) is 30.3 Å². The van der Waals surface area contributed by atoms with Crippen molar-refractivity contribution in [2.24, 2.45) is 0 Å². The Morgan fingerprint density at radius 1 is 1.25 bits per heavy atom. The molecule has 0 fully saturated rings. The fraction of sp³-hybridized carbons (Fsp3) is 0.0667. The molecule has 0 N–H and O–H groups in total. The van der Waals surface area contributed by atoms with Crippen molar-refractivity contribution < 1.29 is 4.79 Å². The zero-order chi connectivity index (χ0) is 14.7. The van der Waals surface area contributed by atoms with E-state index >= 15 is 0 Å². The predicted octanol–water partition coefficient (Wildman–Crippen LogP) is 5.20. The molecule has 0 spiro atoms. The van der Waals surface area contributed by atoms with Crippen LogP contribution in [0.3, 0.4) is 0 Å². The number of rotatable bonds is 3. The lowest BCUT2D eigenvalue weighted by molar-refractivity contribution is 0.0979. The van der Waals surface area contributed by atoms with Crippen LogP contribution in [-0.4, -0.2) is 5.78 Å². The molecule has 100 valence electrons. The van der Waals surface area contributed by atoms with Gasteiger partial charge in [0.25, 0.3) is 0 Å². The molecule has 0 amide bonds. The van der Waals surface area contributed by atoms with Gasteiger partial charge in [0.1, 0.15) is 5.92 Å². The van der Waals surface area contributed by atoms with Crippen LogP contribution in [0.5, 0.6) is 0 Å². The second-order valence-electron chi connectivity index (χ2n) is 4.11. The standard InChI is InChI=1S/C15H8BrClINO/c16-11-4-1-9(2-5-11)12(8-19)15(20)10-3-6-14(18)13(17)7-10/h1-7,12H. The molecule has 2 nitrogen and oxygen atoms in total. The molecule has 2 aromatic carbocycles. The van der Waals surface area contributed by atoms with Crippen molar-refractivity contribution in [2.75, 3.05) is 0 Å². The van der Waals surface area contributed by atoms with Crippen molar-refractivity contribution in [1.29, 1.82) is 5.26 Å². The van der Waals surface area contributed by atoms with Crippen LogP contribution in [-0.2, 0) is 0 Å². The molecule has 0 aliphatic carbocycles. The zero-order valence-corrected chi connectivity index (χ0v) is 14.6. The Labute approximate surface area is 144 Å². The Balaban J connectivity index is 2.36. The minimum Gasteiger partial charge on any atom is -0.292 e. The molecule has 0 saturated heterocycles. The number of hydrogen-bond acceptors (Lipinski definition) is 2. The zero-order valence-electron chi connectivity index (χ0n) is 10.1. The van der Waals surface area contributed by atoms with Crippen LogP contribution in [0.25, 0.3) is 0 Å². The van der Waals surface area contributed by atoms with Crippen LogP contribution in [0.15, 0.2) is 46.9 Å². The fourth-order valence-electron chi connectivity index (χ4n) is 1.76. The summed E-state index contributed by atoms with van der Waals surface area (Å²) in [6.07, 6.45) is 0. The van der Waals surface area contributed by atoms with Gasteiger partial charge in [-0.2, -0.15) is 5.26 Å². The predicted molar refractivity (Wildman–Crippen MR) is 91.0 cm³/mol. The first kappa shape index (κ1) is 15.5. The van der Waals surface area contributed by atoms with Crippen molar-refractivity contribution in [1.82, 2.24) is 0 Å². The lowest BCUT2D eigenvalue weighted by atomic mass is 9.92. The van der Waals surface area contributed by atoms with Gasteiger partial charge in [0.2, 0.25) is 0 Å². The average molecular weight is 460 g/mol. The van der Waals surface area contributed by atoms with E-state index in [9.17, 15) is 10.1 Å². The third-order valence-corrected chi connectivity index (χ3v) is 4.90. The van der Waals surface area contributed by atoms with Crippen molar-refractivity contribution in [3.63, 3.8) is 0 Å². The maximum absolute atomic E-state index is 12.4. The number of Topliss-reactive ketones (excluding diaryl/α,β-unsaturated/α-hetero) is 1. The molecular formula is C15H8BrClINO. The maximum atomic E-state index is 12.4. The number of ketones is 1. The quantitative estimate of drug-likeness (QED) is 0.467. The molecule has 1 atom stereocenters. The molecule has 0 aliphatic heterocycles. The Morgan fingerprint density at radius 3 is 2.45 bits per heavy atom. The third kappa shape index (κ3) is 3.40. The minimum absolute atomic E-state index is 0.242. The molecule has 2 rings (SSSR count). The van der Waals surface area contributed by atoms with Gasteiger partial charge in [0.15, 0.2) is 5.78 Å². The first-order chi connectivity index (χ1) is 9.52. The van der Waals surface area contributed by atoms with Crippen molar-refractivity contribution >= 4 is 55.9 Å². The highest BCUT2D eigenvalue weighted by atomic mass is 127. The highest BCUT2D eigenvalue weighted by Gasteiger charge is 2.22. The van der Waals surface area contributed by atoms with Crippen LogP contribution < -0.4 is 0 Å². The van der Waals surface area contributed by atoms with Crippen LogP contribution >= 0.6 is 50.1 Å². The van der Waals surface area contributed by atoms with Gasteiger partial charge in [0.05, 0.1) is 11.1 Å². The van der Waals surface area contributed by atoms with E-state index in [-0.39, 0.29) is 5.78 Å². The fourth-order valence-corrected chi connectivity index (χ4v) is 2.54. The number of carbonyl (C=O) groups is 1. The Morgan fingerprint density at radius 2 is 1.90 bits per heavy atom. The largest absolute Gasteiger partial charge is 0.292 e. The van der Waals surface area contributed by atoms with E-state index in [1.165, 1.54) is 0 Å². The third-order valence-electron chi connectivity index (χ3n) is 2.80. The summed E-state index contributed by atoms with van der Waals surface area (Å²) in [6.45, 7) is 0. The number of carbonyl (C=O) groups excluding carboxylic acids is 1. The van der Waals surface area contributed by atoms with Crippen molar-refractivity contribution in [2.45, 2.75) is 5.92 Å². The van der Waals surface area contributed by atoms with E-state index < -0.39 is 5.92 Å². The Bertz CT molecular complexity index is 694. The van der Waals surface area contributed by atoms with Gasteiger partial charge >= 0.3 is 0 Å². The SMILES string of the molecule is N#CC(C(=O)c1ccc(I)c(Cl)c1)c1ccc(Br)cc1. The summed E-state index contributed by atoms with van der Waals surface area (Å²) in [7, 11) is 0. The molecule has 1 unspecified atom stereocenters. The topological polar surface area (TPSA) is 40.9 Å². The van der Waals surface area contributed by atoms with Crippen molar-refractivity contribution in [3.05, 3.63) is 66.7 Å². The van der Waals surface area contributed by atoms with Gasteiger partial charge in [0, 0.05) is 13.6 Å². The molecule has 5 heteroatoms. The van der Waals surface area contributed by atoms with E-state index in [0.29, 0.717) is 16.1 Å². The second-order valence-corrected chi connectivity index (χ2v) is 6.59. The van der Waals surface area contributed by atoms with E-state index in [4.69, 9.17) is 11.6 Å². The molecule has 2 aromatic rings. The molecule has 0 radical (unpaired) electrons. The normalized spacial score (nSPS) is 11.7. The lowest BCUT2D eigenvalue weighted by Crippen LogP contribution is -2.11. The second kappa shape index (κ2) is 6.70. The maximum Gasteiger partial charge on any atom is 0.184 e. The number of nitrogens with zero attached hydrogens (tertiary/aromatic N) is 1. The molecule has 0 aliphatic rings. The van der Waals surface area contributed by atoms with Gasteiger partial charge in [-0.1, -0.05) is 45.7 Å². The van der Waals surface area contributed by atoms with Crippen LogP contribution in [0.1, 0.15) is 21.8 Å². The minimum atomic E-state index is -0.820. The first-order valence-electron chi connectivity index (χ1n) is 5.67. The number of benzene rings is 2. The summed E-state index contributed by atoms with van der Waals surface area (Å²) in [4.78, 5) is 12.4. The van der Waals surface area contributed by atoms with Crippen LogP contribution in [0, 0.1) is 14.9 Å². The molecule has 20 heavy (non-hydrogen) atoms. The highest BCUT2D eigenvalue weighted by molar-refractivity contribution is 14.1. The van der Waals surface area contributed by atoms with Crippen molar-refractivity contribution in [3.8, 4) is 6.07 Å². The summed E-state index contributed by atoms with van der Waals surface area (Å²) < 4.78 is 1.78. The average Bonchev–Trinajstić information content (AvgIpc) is 2.44. The van der Waals surface area contributed by atoms with E-state index in [1.807, 2.05) is 12.1 Å². The molecule has 0 bridgehead atoms. The first-order valence-corrected chi connectivity index (χ1v) is 7.92. The van der Waals surface area contributed by atoms with Gasteiger partial charge in [-0.05, 0) is 52.4 Å². The highest BCUT2D eigenvalue weighted by Crippen LogP contribution is 2.25. The van der Waals surface area contributed by atoms with E-state index in [2.05, 4.69) is 44.6 Å². The van der Waals surface area contributed by atoms with Gasteiger partial charge in [-0.3, -0.25) is 4.79 Å². The number of hydrogen-bond donors (Lipinski definition) is 0. The summed E-state index contributed by atoms with van der Waals surface area (Å²) >= 11 is 11.4. The van der Waals surface area contributed by atoms with Gasteiger partial charge < -0.3 is 0 Å². The van der Waals surface area contributed by atoms with Gasteiger partial charge in [-0.15, -0.1) is 0 Å². The van der Waals surface area contributed by atoms with Crippen LogP contribution in [0.2, 0.25) is 5.02 Å². The van der Waals surface area contributed by atoms with Gasteiger partial charge in [-0.25, -0.2) is 0 Å². The number of nitriles is 1. The Hall–Kier alpha value is -0.900. The molecule has 0 heterocycles. The van der Waals surface area contributed by atoms with E-state index in [0.717, 1.165) is 8.04 Å².